The maximum Gasteiger partial charge on any atom is 0.410 e. The largest absolute Gasteiger partial charge is 0.456 e. The zero-order chi connectivity index (χ0) is 34.9. The van der Waals surface area contributed by atoms with Gasteiger partial charge in [-0.15, -0.1) is 16.7 Å². The van der Waals surface area contributed by atoms with Crippen LogP contribution in [0.15, 0.2) is 64.3 Å². The van der Waals surface area contributed by atoms with Crippen molar-refractivity contribution in [2.24, 2.45) is 17.0 Å². The number of nitro benzene ring substituents is 1. The zero-order valence-electron chi connectivity index (χ0n) is 26.7. The molecule has 15 nitrogen and oxygen atoms in total. The van der Waals surface area contributed by atoms with E-state index in [1.165, 1.54) is 69.8 Å². The number of β-lactam (4-membered cyclic amide) rings is 1. The molecule has 1 N–H and O–H groups in total. The van der Waals surface area contributed by atoms with Gasteiger partial charge in [-0.1, -0.05) is 19.1 Å². The number of non-ortho nitro benzene ring substituents is 1. The molecule has 48 heavy (non-hydrogen) atoms. The first-order chi connectivity index (χ1) is 22.8. The number of fused-ring (bicyclic) bond motifs is 1. The third-order valence-electron chi connectivity index (χ3n) is 8.74. The lowest BCUT2D eigenvalue weighted by atomic mass is 9.79. The molecule has 0 aliphatic carbocycles. The number of benzene rings is 2. The molecule has 0 radical (unpaired) electrons. The Morgan fingerprint density at radius 2 is 1.69 bits per heavy atom. The summed E-state index contributed by atoms with van der Waals surface area (Å²) >= 11 is 1.29. The number of carbonyl (C=O) groups excluding carboxylic acids is 4. The van der Waals surface area contributed by atoms with E-state index in [-0.39, 0.29) is 60.3 Å². The zero-order valence-corrected chi connectivity index (χ0v) is 27.5. The van der Waals surface area contributed by atoms with Crippen LogP contribution in [-0.4, -0.2) is 92.7 Å². The highest BCUT2D eigenvalue weighted by atomic mass is 32.2. The third kappa shape index (κ3) is 6.75. The number of amides is 3. The minimum Gasteiger partial charge on any atom is -0.456 e. The van der Waals surface area contributed by atoms with Gasteiger partial charge in [-0.2, -0.15) is 0 Å². The number of thioether (sulfide) groups is 1. The lowest BCUT2D eigenvalue weighted by Crippen LogP contribution is -2.63. The highest BCUT2D eigenvalue weighted by Gasteiger charge is 2.60. The number of likely N-dealkylation sites (tertiary alicyclic amines) is 1. The van der Waals surface area contributed by atoms with Gasteiger partial charge in [0.1, 0.15) is 30.6 Å². The van der Waals surface area contributed by atoms with E-state index >= 15 is 0 Å². The van der Waals surface area contributed by atoms with Crippen molar-refractivity contribution in [3.8, 4) is 0 Å². The van der Waals surface area contributed by atoms with E-state index in [4.69, 9.17) is 9.47 Å². The van der Waals surface area contributed by atoms with Crippen LogP contribution in [0.3, 0.4) is 0 Å². The van der Waals surface area contributed by atoms with Crippen molar-refractivity contribution in [1.82, 2.24) is 14.7 Å². The fourth-order valence-corrected chi connectivity index (χ4v) is 7.80. The molecule has 3 amide bonds. The van der Waals surface area contributed by atoms with Crippen LogP contribution >= 0.6 is 11.8 Å². The maximum atomic E-state index is 13.6. The van der Waals surface area contributed by atoms with Gasteiger partial charge in [0, 0.05) is 48.8 Å². The summed E-state index contributed by atoms with van der Waals surface area (Å²) in [5, 5.41) is 23.8. The highest BCUT2D eigenvalue weighted by Crippen LogP contribution is 2.52. The first-order valence-electron chi connectivity index (χ1n) is 15.2. The molecule has 16 heteroatoms. The number of hydrogen-bond acceptors (Lipinski definition) is 12. The summed E-state index contributed by atoms with van der Waals surface area (Å²) in [6.07, 6.45) is -1.41. The van der Waals surface area contributed by atoms with Gasteiger partial charge in [0.15, 0.2) is 0 Å². The van der Waals surface area contributed by atoms with Crippen molar-refractivity contribution in [1.29, 1.82) is 0 Å². The van der Waals surface area contributed by atoms with Crippen LogP contribution in [0.2, 0.25) is 0 Å². The number of nitrogens with zero attached hydrogens (tertiary/aromatic N) is 5. The van der Waals surface area contributed by atoms with Gasteiger partial charge in [0.2, 0.25) is 11.8 Å². The van der Waals surface area contributed by atoms with Crippen LogP contribution < -0.4 is 0 Å². The Morgan fingerprint density at radius 1 is 1.08 bits per heavy atom. The summed E-state index contributed by atoms with van der Waals surface area (Å²) in [7, 11) is 3.17. The van der Waals surface area contributed by atoms with Crippen molar-refractivity contribution in [2.45, 2.75) is 56.9 Å². The lowest BCUT2D eigenvalue weighted by Gasteiger charge is -2.46. The third-order valence-corrected chi connectivity index (χ3v) is 10.2. The second-order valence-electron chi connectivity index (χ2n) is 12.2. The van der Waals surface area contributed by atoms with Gasteiger partial charge in [-0.25, -0.2) is 9.59 Å². The number of aliphatic hydroxyl groups is 1. The number of esters is 1. The first kappa shape index (κ1) is 34.5. The maximum absolute atomic E-state index is 13.6. The number of rotatable bonds is 11. The average Bonchev–Trinajstić information content (AvgIpc) is 3.59. The van der Waals surface area contributed by atoms with Crippen LogP contribution in [0, 0.1) is 26.9 Å². The van der Waals surface area contributed by atoms with Crippen LogP contribution in [0.25, 0.3) is 0 Å². The molecule has 0 spiro atoms. The van der Waals surface area contributed by atoms with E-state index in [0.717, 1.165) is 0 Å². The number of carbonyl (C=O) groups is 4. The van der Waals surface area contributed by atoms with Crippen LogP contribution in [0.5, 0.6) is 0 Å². The summed E-state index contributed by atoms with van der Waals surface area (Å²) in [5.74, 6) is -2.56. The second-order valence-corrected chi connectivity index (χ2v) is 13.5. The topological polar surface area (TPSA) is 189 Å². The molecule has 0 unspecified atom stereocenters. The summed E-state index contributed by atoms with van der Waals surface area (Å²) in [4.78, 5) is 79.1. The van der Waals surface area contributed by atoms with Crippen molar-refractivity contribution in [2.75, 3.05) is 20.6 Å². The molecular weight excluding hydrogens is 646 g/mol. The van der Waals surface area contributed by atoms with Crippen molar-refractivity contribution in [3.05, 3.63) is 85.3 Å². The Bertz CT molecular complexity index is 1650. The standard InChI is InChI=1S/C32H35N5O10S/c1-17-26-25(18(2)38)30(40)36(26)27(31(41)46-15-20-7-11-22(12-8-20)37(44)45)28(17)48-23-13-24(29(39)34(3)4)35(14-23)32(42)47-16-19-5-9-21(33-43)10-6-19/h5-12,17-18,23-26,38H,13-16H2,1-4H3/t17-,18-,23+,24+,25-,26-/m1/s1. The lowest BCUT2D eigenvalue weighted by molar-refractivity contribution is -0.384. The fraction of sp³-hybridized carbons (Fsp3) is 0.438. The van der Waals surface area contributed by atoms with Gasteiger partial charge in [0.25, 0.3) is 5.69 Å². The molecule has 2 fully saturated rings. The van der Waals surface area contributed by atoms with Gasteiger partial charge in [-0.05, 0) is 53.9 Å². The average molecular weight is 682 g/mol. The quantitative estimate of drug-likeness (QED) is 0.120. The van der Waals surface area contributed by atoms with Crippen molar-refractivity contribution in [3.63, 3.8) is 0 Å². The molecular formula is C32H35N5O10S. The van der Waals surface area contributed by atoms with Crippen LogP contribution in [0.1, 0.15) is 31.4 Å². The van der Waals surface area contributed by atoms with E-state index in [2.05, 4.69) is 5.18 Å². The number of hydrogen-bond donors (Lipinski definition) is 1. The van der Waals surface area contributed by atoms with Gasteiger partial charge >= 0.3 is 12.1 Å². The monoisotopic (exact) mass is 681 g/mol. The Hall–Kier alpha value is -4.83. The summed E-state index contributed by atoms with van der Waals surface area (Å²) in [6.45, 7) is 3.20. The Balaban J connectivity index is 1.36. The molecule has 0 aromatic heterocycles. The number of nitro groups is 1. The minimum atomic E-state index is -0.951. The van der Waals surface area contributed by atoms with Crippen molar-refractivity contribution >= 4 is 47.0 Å². The summed E-state index contributed by atoms with van der Waals surface area (Å²) in [5.41, 5.74) is 1.30. The predicted molar refractivity (Wildman–Crippen MR) is 172 cm³/mol. The van der Waals surface area contributed by atoms with E-state index < -0.39 is 47.0 Å². The van der Waals surface area contributed by atoms with E-state index in [0.29, 0.717) is 16.0 Å². The highest BCUT2D eigenvalue weighted by molar-refractivity contribution is 8.03. The number of ether oxygens (including phenoxy) is 2. The molecule has 5 rings (SSSR count). The number of likely N-dealkylation sites (N-methyl/N-ethyl adjacent to an activating group) is 1. The molecule has 6 atom stereocenters. The van der Waals surface area contributed by atoms with E-state index in [9.17, 15) is 39.3 Å². The molecule has 2 aromatic carbocycles. The minimum absolute atomic E-state index is 0.0473. The summed E-state index contributed by atoms with van der Waals surface area (Å²) < 4.78 is 11.1. The molecule has 3 aliphatic heterocycles. The molecule has 254 valence electrons. The Morgan fingerprint density at radius 3 is 2.25 bits per heavy atom. The molecule has 0 saturated carbocycles. The second kappa shape index (κ2) is 14.1. The predicted octanol–water partition coefficient (Wildman–Crippen LogP) is 3.71. The van der Waals surface area contributed by atoms with Crippen molar-refractivity contribution < 1.29 is 38.7 Å². The summed E-state index contributed by atoms with van der Waals surface area (Å²) in [6, 6.07) is 10.4. The molecule has 2 saturated heterocycles. The van der Waals surface area contributed by atoms with Crippen LogP contribution in [0.4, 0.5) is 16.2 Å². The Labute approximate surface area is 279 Å². The normalized spacial score (nSPS) is 23.7. The van der Waals surface area contributed by atoms with E-state index in [1.807, 2.05) is 6.92 Å². The number of nitroso groups, excluding NO2 is 1. The molecule has 3 aliphatic rings. The Kier molecular flexibility index (Phi) is 10.1. The smallest absolute Gasteiger partial charge is 0.410 e. The fourth-order valence-electron chi connectivity index (χ4n) is 6.28. The number of aliphatic hydroxyl groups excluding tert-OH is 1. The van der Waals surface area contributed by atoms with Crippen LogP contribution in [-0.2, 0) is 37.1 Å². The molecule has 3 heterocycles. The van der Waals surface area contributed by atoms with Gasteiger partial charge < -0.3 is 24.4 Å². The SMILES string of the molecule is C[C@@H](O)[C@H]1C(=O)N2C(C(=O)OCc3ccc([N+](=O)[O-])cc3)=C(S[C@H]3C[C@@H](C(=O)N(C)C)N(C(=O)OCc4ccc(N=O)cc4)C3)[C@H](C)[C@H]12. The van der Waals surface area contributed by atoms with E-state index in [1.54, 1.807) is 26.2 Å². The van der Waals surface area contributed by atoms with Gasteiger partial charge in [0.05, 0.1) is 23.0 Å². The molecule has 2 aromatic rings. The van der Waals surface area contributed by atoms with Gasteiger partial charge in [-0.3, -0.25) is 24.6 Å². The first-order valence-corrected chi connectivity index (χ1v) is 16.1. The molecule has 0 bridgehead atoms.